The van der Waals surface area contributed by atoms with Crippen molar-refractivity contribution in [2.75, 3.05) is 23.3 Å². The molecule has 176 valence electrons. The molecule has 1 amide bonds. The Bertz CT molecular complexity index is 1150. The highest BCUT2D eigenvalue weighted by atomic mass is 16.6. The molecule has 0 atom stereocenters. The van der Waals surface area contributed by atoms with E-state index in [2.05, 4.69) is 38.7 Å². The van der Waals surface area contributed by atoms with Crippen molar-refractivity contribution in [3.05, 3.63) is 59.8 Å². The molecule has 1 aromatic carbocycles. The van der Waals surface area contributed by atoms with Crippen LogP contribution in [0.4, 0.5) is 16.4 Å². The predicted octanol–water partition coefficient (Wildman–Crippen LogP) is 4.67. The summed E-state index contributed by atoms with van der Waals surface area (Å²) in [7, 11) is 0. The molecule has 0 bridgehead atoms. The lowest BCUT2D eigenvalue weighted by molar-refractivity contribution is 0.0148. The van der Waals surface area contributed by atoms with Crippen LogP contribution in [0.25, 0.3) is 0 Å². The molecule has 0 radical (unpaired) electrons. The summed E-state index contributed by atoms with van der Waals surface area (Å²) in [6.07, 6.45) is 4.85. The van der Waals surface area contributed by atoms with Gasteiger partial charge in [-0.1, -0.05) is 17.7 Å². The van der Waals surface area contributed by atoms with Gasteiger partial charge >= 0.3 is 6.09 Å². The highest BCUT2D eigenvalue weighted by molar-refractivity contribution is 5.89. The second kappa shape index (κ2) is 9.24. The summed E-state index contributed by atoms with van der Waals surface area (Å²) in [5.41, 5.74) is 1.82. The maximum Gasteiger partial charge on any atom is 0.416 e. The van der Waals surface area contributed by atoms with Crippen LogP contribution in [-0.2, 0) is 4.74 Å². The maximum absolute atomic E-state index is 12.4. The number of aryl methyl sites for hydroxylation is 2. The molecular formula is C25H28N6O3. The fourth-order valence-corrected chi connectivity index (χ4v) is 4.65. The average Bonchev–Trinajstić information content (AvgIpc) is 3.17. The first-order chi connectivity index (χ1) is 16.5. The second-order valence-corrected chi connectivity index (χ2v) is 9.17. The SMILES string of the molecule is Cc1ccc(Oc2ccc(NC[C@H]3CC[C@]4(CC3)CN(c3cccnn3)C(=O)O4)nn2)c(C)c1. The first-order valence-electron chi connectivity index (χ1n) is 11.6. The Labute approximate surface area is 198 Å². The summed E-state index contributed by atoms with van der Waals surface area (Å²) < 4.78 is 11.7. The van der Waals surface area contributed by atoms with Crippen LogP contribution in [-0.4, -0.2) is 45.2 Å². The van der Waals surface area contributed by atoms with Gasteiger partial charge in [0.15, 0.2) is 5.82 Å². The molecule has 34 heavy (non-hydrogen) atoms. The number of hydrogen-bond acceptors (Lipinski definition) is 8. The van der Waals surface area contributed by atoms with Crippen molar-refractivity contribution in [1.82, 2.24) is 20.4 Å². The van der Waals surface area contributed by atoms with E-state index in [9.17, 15) is 4.79 Å². The molecule has 2 aromatic heterocycles. The third-order valence-corrected chi connectivity index (χ3v) is 6.58. The van der Waals surface area contributed by atoms with E-state index in [1.807, 2.05) is 31.2 Å². The molecule has 1 aliphatic heterocycles. The van der Waals surface area contributed by atoms with Gasteiger partial charge in [0.05, 0.1) is 6.54 Å². The minimum Gasteiger partial charge on any atom is -0.441 e. The monoisotopic (exact) mass is 460 g/mol. The highest BCUT2D eigenvalue weighted by Crippen LogP contribution is 2.40. The summed E-state index contributed by atoms with van der Waals surface area (Å²) in [5, 5.41) is 19.7. The summed E-state index contributed by atoms with van der Waals surface area (Å²) in [4.78, 5) is 14.0. The van der Waals surface area contributed by atoms with E-state index in [0.29, 0.717) is 24.2 Å². The number of nitrogens with one attached hydrogen (secondary N) is 1. The van der Waals surface area contributed by atoms with Crippen molar-refractivity contribution in [3.63, 3.8) is 0 Å². The Kier molecular flexibility index (Phi) is 6.00. The van der Waals surface area contributed by atoms with Crippen LogP contribution in [0.3, 0.4) is 0 Å². The Morgan fingerprint density at radius 3 is 2.68 bits per heavy atom. The zero-order chi connectivity index (χ0) is 23.5. The molecule has 3 heterocycles. The number of rotatable bonds is 6. The Morgan fingerprint density at radius 1 is 1.12 bits per heavy atom. The van der Waals surface area contributed by atoms with Crippen molar-refractivity contribution in [1.29, 1.82) is 0 Å². The fraction of sp³-hybridized carbons (Fsp3) is 0.400. The zero-order valence-electron chi connectivity index (χ0n) is 19.4. The lowest BCUT2D eigenvalue weighted by atomic mass is 9.78. The molecule has 1 saturated heterocycles. The Morgan fingerprint density at radius 2 is 1.97 bits per heavy atom. The number of benzene rings is 1. The first-order valence-corrected chi connectivity index (χ1v) is 11.6. The Balaban J connectivity index is 1.11. The molecule has 0 unspecified atom stereocenters. The molecule has 1 saturated carbocycles. The number of anilines is 2. The normalized spacial score (nSPS) is 22.0. The van der Waals surface area contributed by atoms with Crippen LogP contribution >= 0.6 is 0 Å². The van der Waals surface area contributed by atoms with Gasteiger partial charge in [0.1, 0.15) is 17.2 Å². The van der Waals surface area contributed by atoms with E-state index in [4.69, 9.17) is 9.47 Å². The standard InChI is InChI=1S/C25H28N6O3/c1-17-5-6-20(18(2)14-17)33-23-8-7-21(28-30-23)26-15-19-9-11-25(12-10-19)16-31(24(32)34-25)22-4-3-13-27-29-22/h3-8,13-14,19H,9-12,15-16H2,1-2H3,(H,26,28)/t19-,25-. The largest absolute Gasteiger partial charge is 0.441 e. The van der Waals surface area contributed by atoms with Gasteiger partial charge in [-0.2, -0.15) is 5.10 Å². The van der Waals surface area contributed by atoms with E-state index in [1.165, 1.54) is 5.56 Å². The topological polar surface area (TPSA) is 102 Å². The van der Waals surface area contributed by atoms with Crippen LogP contribution in [0.5, 0.6) is 11.6 Å². The summed E-state index contributed by atoms with van der Waals surface area (Å²) in [6.45, 7) is 5.39. The lowest BCUT2D eigenvalue weighted by Crippen LogP contribution is -2.39. The molecule has 5 rings (SSSR count). The van der Waals surface area contributed by atoms with Gasteiger partial charge in [-0.15, -0.1) is 15.3 Å². The van der Waals surface area contributed by atoms with Crippen LogP contribution in [0.15, 0.2) is 48.7 Å². The first kappa shape index (κ1) is 22.1. The van der Waals surface area contributed by atoms with Crippen molar-refractivity contribution in [3.8, 4) is 11.6 Å². The van der Waals surface area contributed by atoms with E-state index < -0.39 is 5.60 Å². The number of carbonyl (C=O) groups excluding carboxylic acids is 1. The van der Waals surface area contributed by atoms with E-state index in [0.717, 1.165) is 49.4 Å². The van der Waals surface area contributed by atoms with Gasteiger partial charge in [0.25, 0.3) is 0 Å². The van der Waals surface area contributed by atoms with Crippen molar-refractivity contribution in [2.24, 2.45) is 5.92 Å². The molecule has 1 aliphatic carbocycles. The predicted molar refractivity (Wildman–Crippen MR) is 127 cm³/mol. The van der Waals surface area contributed by atoms with E-state index in [-0.39, 0.29) is 6.09 Å². The number of hydrogen-bond donors (Lipinski definition) is 1. The van der Waals surface area contributed by atoms with Crippen LogP contribution in [0.2, 0.25) is 0 Å². The molecule has 3 aromatic rings. The Hall–Kier alpha value is -3.75. The highest BCUT2D eigenvalue weighted by Gasteiger charge is 2.48. The lowest BCUT2D eigenvalue weighted by Gasteiger charge is -2.35. The van der Waals surface area contributed by atoms with Crippen molar-refractivity contribution >= 4 is 17.7 Å². The van der Waals surface area contributed by atoms with Gasteiger partial charge in [0.2, 0.25) is 5.88 Å². The van der Waals surface area contributed by atoms with Crippen LogP contribution in [0.1, 0.15) is 36.8 Å². The zero-order valence-corrected chi connectivity index (χ0v) is 19.4. The van der Waals surface area contributed by atoms with Gasteiger partial charge in [-0.05, 0) is 75.3 Å². The minimum absolute atomic E-state index is 0.338. The van der Waals surface area contributed by atoms with Gasteiger partial charge < -0.3 is 14.8 Å². The summed E-state index contributed by atoms with van der Waals surface area (Å²) in [5.74, 6) is 2.98. The third kappa shape index (κ3) is 4.78. The third-order valence-electron chi connectivity index (χ3n) is 6.58. The molecule has 9 heteroatoms. The number of nitrogens with zero attached hydrogens (tertiary/aromatic N) is 5. The van der Waals surface area contributed by atoms with Crippen LogP contribution < -0.4 is 15.0 Å². The average molecular weight is 461 g/mol. The molecule has 9 nitrogen and oxygen atoms in total. The number of ether oxygens (including phenoxy) is 2. The summed E-state index contributed by atoms with van der Waals surface area (Å²) >= 11 is 0. The molecule has 1 spiro atoms. The van der Waals surface area contributed by atoms with Gasteiger partial charge in [-0.3, -0.25) is 4.90 Å². The van der Waals surface area contributed by atoms with E-state index in [1.54, 1.807) is 23.2 Å². The molecule has 1 N–H and O–H groups in total. The second-order valence-electron chi connectivity index (χ2n) is 9.17. The van der Waals surface area contributed by atoms with Crippen LogP contribution in [0, 0.1) is 19.8 Å². The minimum atomic E-state index is -0.433. The number of amides is 1. The number of aromatic nitrogens is 4. The molecule has 2 aliphatic rings. The summed E-state index contributed by atoms with van der Waals surface area (Å²) in [6, 6.07) is 13.3. The van der Waals surface area contributed by atoms with Crippen molar-refractivity contribution in [2.45, 2.75) is 45.1 Å². The smallest absolute Gasteiger partial charge is 0.416 e. The number of carbonyl (C=O) groups is 1. The van der Waals surface area contributed by atoms with E-state index >= 15 is 0 Å². The molecule has 2 fully saturated rings. The van der Waals surface area contributed by atoms with Gasteiger partial charge in [0, 0.05) is 18.8 Å². The quantitative estimate of drug-likeness (QED) is 0.566. The van der Waals surface area contributed by atoms with Gasteiger partial charge in [-0.25, -0.2) is 4.79 Å². The maximum atomic E-state index is 12.4. The van der Waals surface area contributed by atoms with Crippen molar-refractivity contribution < 1.29 is 14.3 Å². The molecular weight excluding hydrogens is 432 g/mol. The fourth-order valence-electron chi connectivity index (χ4n) is 4.65.